The van der Waals surface area contributed by atoms with Crippen molar-refractivity contribution in [2.75, 3.05) is 24.3 Å². The number of aromatic nitrogens is 1. The van der Waals surface area contributed by atoms with Crippen LogP contribution in [0.2, 0.25) is 0 Å². The summed E-state index contributed by atoms with van der Waals surface area (Å²) in [6, 6.07) is 1.76. The molecule has 94 valence electrons. The molecule has 1 amide bonds. The Morgan fingerprint density at radius 3 is 3.00 bits per heavy atom. The van der Waals surface area contributed by atoms with E-state index < -0.39 is 0 Å². The first-order valence-electron chi connectivity index (χ1n) is 5.73. The number of rotatable bonds is 6. The summed E-state index contributed by atoms with van der Waals surface area (Å²) in [6.07, 6.45) is 2.70. The number of anilines is 2. The minimum atomic E-state index is -0.0543. The van der Waals surface area contributed by atoms with Gasteiger partial charge >= 0.3 is 0 Å². The van der Waals surface area contributed by atoms with E-state index in [0.29, 0.717) is 37.6 Å². The number of nitrogens with two attached hydrogens (primary N) is 1. The molecule has 0 radical (unpaired) electrons. The van der Waals surface area contributed by atoms with E-state index in [1.54, 1.807) is 12.3 Å². The highest BCUT2D eigenvalue weighted by atomic mass is 16.5. The summed E-state index contributed by atoms with van der Waals surface area (Å²) < 4.78 is 5.16. The Hall–Kier alpha value is -1.62. The van der Waals surface area contributed by atoms with Gasteiger partial charge in [0.15, 0.2) is 0 Å². The topological polar surface area (TPSA) is 77.2 Å². The Kier molecular flexibility index (Phi) is 5.42. The third kappa shape index (κ3) is 4.82. The number of hydrogen-bond donors (Lipinski definition) is 2. The van der Waals surface area contributed by atoms with Gasteiger partial charge in [0, 0.05) is 19.6 Å². The van der Waals surface area contributed by atoms with Gasteiger partial charge in [-0.3, -0.25) is 4.79 Å². The molecule has 0 saturated carbocycles. The Balaban J connectivity index is 2.37. The van der Waals surface area contributed by atoms with Gasteiger partial charge in [-0.2, -0.15) is 0 Å². The molecule has 0 aliphatic carbocycles. The largest absolute Gasteiger partial charge is 0.397 e. The van der Waals surface area contributed by atoms with Crippen molar-refractivity contribution in [2.24, 2.45) is 0 Å². The fourth-order valence-corrected chi connectivity index (χ4v) is 1.32. The van der Waals surface area contributed by atoms with E-state index in [0.717, 1.165) is 5.56 Å². The van der Waals surface area contributed by atoms with Crippen LogP contribution in [0.25, 0.3) is 0 Å². The molecule has 1 heterocycles. The summed E-state index contributed by atoms with van der Waals surface area (Å²) in [5.41, 5.74) is 7.17. The summed E-state index contributed by atoms with van der Waals surface area (Å²) in [6.45, 7) is 5.10. The number of carbonyl (C=O) groups excluding carboxylic acids is 1. The summed E-state index contributed by atoms with van der Waals surface area (Å²) in [4.78, 5) is 15.6. The lowest BCUT2D eigenvalue weighted by Gasteiger charge is -2.06. The molecule has 0 aliphatic heterocycles. The van der Waals surface area contributed by atoms with Gasteiger partial charge in [-0.1, -0.05) is 0 Å². The van der Waals surface area contributed by atoms with Crippen LogP contribution >= 0.6 is 0 Å². The SMILES string of the molecule is CCOCCCC(=O)Nc1cc(C)c(N)cn1. The van der Waals surface area contributed by atoms with E-state index in [9.17, 15) is 4.79 Å². The monoisotopic (exact) mass is 237 g/mol. The van der Waals surface area contributed by atoms with Crippen molar-refractivity contribution in [3.8, 4) is 0 Å². The highest BCUT2D eigenvalue weighted by Gasteiger charge is 2.04. The molecule has 0 aromatic carbocycles. The van der Waals surface area contributed by atoms with Crippen LogP contribution < -0.4 is 11.1 Å². The van der Waals surface area contributed by atoms with Crippen LogP contribution in [-0.2, 0) is 9.53 Å². The predicted molar refractivity (Wildman–Crippen MR) is 67.7 cm³/mol. The minimum Gasteiger partial charge on any atom is -0.397 e. The summed E-state index contributed by atoms with van der Waals surface area (Å²) >= 11 is 0. The predicted octanol–water partition coefficient (Wildman–Crippen LogP) is 1.73. The van der Waals surface area contributed by atoms with Gasteiger partial charge in [0.05, 0.1) is 11.9 Å². The Morgan fingerprint density at radius 1 is 1.59 bits per heavy atom. The van der Waals surface area contributed by atoms with Gasteiger partial charge in [-0.25, -0.2) is 4.98 Å². The van der Waals surface area contributed by atoms with Crippen LogP contribution in [0, 0.1) is 6.92 Å². The van der Waals surface area contributed by atoms with Gasteiger partial charge in [0.2, 0.25) is 5.91 Å². The van der Waals surface area contributed by atoms with Crippen LogP contribution in [0.4, 0.5) is 11.5 Å². The zero-order valence-corrected chi connectivity index (χ0v) is 10.3. The standard InChI is InChI=1S/C12H19N3O2/c1-3-17-6-4-5-12(16)15-11-7-9(2)10(13)8-14-11/h7-8H,3-6,13H2,1-2H3,(H,14,15,16). The molecule has 5 heteroatoms. The van der Waals surface area contributed by atoms with Crippen molar-refractivity contribution in [3.05, 3.63) is 17.8 Å². The van der Waals surface area contributed by atoms with Gasteiger partial charge in [0.25, 0.3) is 0 Å². The van der Waals surface area contributed by atoms with E-state index in [1.807, 2.05) is 13.8 Å². The van der Waals surface area contributed by atoms with Crippen molar-refractivity contribution in [2.45, 2.75) is 26.7 Å². The van der Waals surface area contributed by atoms with E-state index in [2.05, 4.69) is 10.3 Å². The van der Waals surface area contributed by atoms with Crippen molar-refractivity contribution in [1.29, 1.82) is 0 Å². The molecule has 0 saturated heterocycles. The quantitative estimate of drug-likeness (QED) is 0.739. The molecule has 0 unspecified atom stereocenters. The normalized spacial score (nSPS) is 10.2. The summed E-state index contributed by atoms with van der Waals surface area (Å²) in [5.74, 6) is 0.486. The molecular weight excluding hydrogens is 218 g/mol. The third-order valence-corrected chi connectivity index (χ3v) is 2.32. The Morgan fingerprint density at radius 2 is 2.35 bits per heavy atom. The number of ether oxygens (including phenoxy) is 1. The minimum absolute atomic E-state index is 0.0543. The van der Waals surface area contributed by atoms with Gasteiger partial charge in [-0.15, -0.1) is 0 Å². The molecule has 0 atom stereocenters. The molecule has 0 bridgehead atoms. The number of aryl methyl sites for hydroxylation is 1. The highest BCUT2D eigenvalue weighted by molar-refractivity contribution is 5.89. The van der Waals surface area contributed by atoms with Crippen molar-refractivity contribution >= 4 is 17.4 Å². The van der Waals surface area contributed by atoms with Gasteiger partial charge < -0.3 is 15.8 Å². The van der Waals surface area contributed by atoms with Crippen LogP contribution in [0.15, 0.2) is 12.3 Å². The highest BCUT2D eigenvalue weighted by Crippen LogP contribution is 2.13. The fourth-order valence-electron chi connectivity index (χ4n) is 1.32. The number of nitrogen functional groups attached to an aromatic ring is 1. The van der Waals surface area contributed by atoms with E-state index in [-0.39, 0.29) is 5.91 Å². The first-order valence-corrected chi connectivity index (χ1v) is 5.73. The number of amides is 1. The number of carbonyl (C=O) groups is 1. The van der Waals surface area contributed by atoms with E-state index in [4.69, 9.17) is 10.5 Å². The van der Waals surface area contributed by atoms with Crippen LogP contribution in [0.3, 0.4) is 0 Å². The molecule has 1 aromatic heterocycles. The maximum Gasteiger partial charge on any atom is 0.225 e. The maximum absolute atomic E-state index is 11.5. The molecule has 0 aliphatic rings. The Bertz CT molecular complexity index is 380. The fraction of sp³-hybridized carbons (Fsp3) is 0.500. The van der Waals surface area contributed by atoms with E-state index in [1.165, 1.54) is 0 Å². The third-order valence-electron chi connectivity index (χ3n) is 2.32. The van der Waals surface area contributed by atoms with Gasteiger partial charge in [0.1, 0.15) is 5.82 Å². The molecule has 1 aromatic rings. The summed E-state index contributed by atoms with van der Waals surface area (Å²) in [5, 5.41) is 2.73. The molecule has 1 rings (SSSR count). The average Bonchev–Trinajstić information content (AvgIpc) is 2.30. The maximum atomic E-state index is 11.5. The first kappa shape index (κ1) is 13.4. The second-order valence-electron chi connectivity index (χ2n) is 3.77. The van der Waals surface area contributed by atoms with Crippen molar-refractivity contribution in [1.82, 2.24) is 4.98 Å². The second-order valence-corrected chi connectivity index (χ2v) is 3.77. The lowest BCUT2D eigenvalue weighted by atomic mass is 10.2. The Labute approximate surface area is 101 Å². The van der Waals surface area contributed by atoms with Crippen molar-refractivity contribution < 1.29 is 9.53 Å². The molecule has 0 fully saturated rings. The van der Waals surface area contributed by atoms with Crippen LogP contribution in [0.1, 0.15) is 25.3 Å². The smallest absolute Gasteiger partial charge is 0.225 e. The molecule has 3 N–H and O–H groups in total. The number of nitrogens with one attached hydrogen (secondary N) is 1. The number of pyridine rings is 1. The zero-order chi connectivity index (χ0) is 12.7. The average molecular weight is 237 g/mol. The second kappa shape index (κ2) is 6.85. The number of nitrogens with zero attached hydrogens (tertiary/aromatic N) is 1. The molecule has 5 nitrogen and oxygen atoms in total. The van der Waals surface area contributed by atoms with Crippen LogP contribution in [-0.4, -0.2) is 24.1 Å². The van der Waals surface area contributed by atoms with Crippen molar-refractivity contribution in [3.63, 3.8) is 0 Å². The number of hydrogen-bond acceptors (Lipinski definition) is 4. The lowest BCUT2D eigenvalue weighted by Crippen LogP contribution is -2.13. The first-order chi connectivity index (χ1) is 8.13. The zero-order valence-electron chi connectivity index (χ0n) is 10.3. The summed E-state index contributed by atoms with van der Waals surface area (Å²) in [7, 11) is 0. The van der Waals surface area contributed by atoms with E-state index >= 15 is 0 Å². The van der Waals surface area contributed by atoms with Gasteiger partial charge in [-0.05, 0) is 31.9 Å². The lowest BCUT2D eigenvalue weighted by molar-refractivity contribution is -0.116. The molecular formula is C12H19N3O2. The molecule has 0 spiro atoms. The van der Waals surface area contributed by atoms with Crippen LogP contribution in [0.5, 0.6) is 0 Å². The molecule has 17 heavy (non-hydrogen) atoms.